The van der Waals surface area contributed by atoms with Crippen LogP contribution in [0.1, 0.15) is 47.0 Å². The lowest BCUT2D eigenvalue weighted by molar-refractivity contribution is 0.165. The van der Waals surface area contributed by atoms with Gasteiger partial charge in [0.05, 0.1) is 25.6 Å². The lowest BCUT2D eigenvalue weighted by Gasteiger charge is -2.36. The molecule has 0 aliphatic carbocycles. The van der Waals surface area contributed by atoms with Crippen LogP contribution in [0.2, 0.25) is 0 Å². The number of aromatic nitrogens is 3. The summed E-state index contributed by atoms with van der Waals surface area (Å²) in [5.41, 5.74) is 6.98. The van der Waals surface area contributed by atoms with Crippen molar-refractivity contribution in [2.75, 3.05) is 14.2 Å². The Bertz CT molecular complexity index is 1120. The summed E-state index contributed by atoms with van der Waals surface area (Å²) in [4.78, 5) is 7.32. The number of hydrogen-bond acceptors (Lipinski definition) is 5. The molecule has 0 saturated carbocycles. The summed E-state index contributed by atoms with van der Waals surface area (Å²) in [7, 11) is 3.39. The molecule has 2 atom stereocenters. The van der Waals surface area contributed by atoms with Crippen LogP contribution in [0.25, 0.3) is 5.65 Å². The van der Waals surface area contributed by atoms with Gasteiger partial charge in [0.15, 0.2) is 17.1 Å². The van der Waals surface area contributed by atoms with Gasteiger partial charge in [-0.2, -0.15) is 5.10 Å². The minimum absolute atomic E-state index is 0.385. The number of rotatable bonds is 6. The summed E-state index contributed by atoms with van der Waals surface area (Å²) in [6.45, 7) is 6.81. The molecular formula is C24H28N4O2. The molecule has 6 heteroatoms. The van der Waals surface area contributed by atoms with E-state index in [9.17, 15) is 0 Å². The molecule has 5 rings (SSSR count). The number of nitrogens with zero attached hydrogens (tertiary/aromatic N) is 4. The van der Waals surface area contributed by atoms with Gasteiger partial charge in [-0.05, 0) is 37.8 Å². The van der Waals surface area contributed by atoms with Crippen LogP contribution in [-0.2, 0) is 19.4 Å². The Balaban J connectivity index is 1.50. The van der Waals surface area contributed by atoms with Crippen molar-refractivity contribution in [3.05, 3.63) is 65.1 Å². The zero-order chi connectivity index (χ0) is 20.8. The van der Waals surface area contributed by atoms with E-state index < -0.39 is 0 Å². The topological polar surface area (TPSA) is 51.9 Å². The molecule has 0 radical (unpaired) electrons. The van der Waals surface area contributed by atoms with Gasteiger partial charge >= 0.3 is 0 Å². The zero-order valence-electron chi connectivity index (χ0n) is 17.9. The van der Waals surface area contributed by atoms with Crippen LogP contribution in [0, 0.1) is 6.92 Å². The number of aryl methyl sites for hydroxylation is 1. The van der Waals surface area contributed by atoms with E-state index in [2.05, 4.69) is 45.4 Å². The number of hydrogen-bond donors (Lipinski definition) is 0. The van der Waals surface area contributed by atoms with Gasteiger partial charge in [0.25, 0.3) is 0 Å². The number of ether oxygens (including phenoxy) is 2. The van der Waals surface area contributed by atoms with Gasteiger partial charge in [-0.1, -0.05) is 12.1 Å². The molecule has 1 aromatic carbocycles. The van der Waals surface area contributed by atoms with Crippen molar-refractivity contribution >= 4 is 5.65 Å². The zero-order valence-corrected chi connectivity index (χ0v) is 17.9. The smallest absolute Gasteiger partial charge is 0.164 e. The van der Waals surface area contributed by atoms with E-state index in [1.807, 2.05) is 13.0 Å². The van der Waals surface area contributed by atoms with Crippen LogP contribution < -0.4 is 9.47 Å². The molecule has 4 heterocycles. The van der Waals surface area contributed by atoms with E-state index in [1.165, 1.54) is 23.2 Å². The Morgan fingerprint density at radius 1 is 1.20 bits per heavy atom. The molecule has 2 aromatic heterocycles. The molecule has 156 valence electrons. The molecule has 0 unspecified atom stereocenters. The molecule has 1 saturated heterocycles. The van der Waals surface area contributed by atoms with Crippen LogP contribution >= 0.6 is 0 Å². The van der Waals surface area contributed by atoms with E-state index in [-0.39, 0.29) is 0 Å². The number of fused-ring (bicyclic) bond motifs is 6. The fraction of sp³-hybridized carbons (Fsp3) is 0.417. The standard InChI is InChI=1S/C24H28N4O2/c1-5-6-17-10-16(11-22(29-3)24(17)30-4)14-27-18-7-8-20(27)19-13-25-23-9-15(2)26-28(23)21(19)12-18/h5,9-11,13,18,20H,1,6-8,12,14H2,2-4H3/t18-,20-/m0/s1. The maximum absolute atomic E-state index is 5.63. The summed E-state index contributed by atoms with van der Waals surface area (Å²) in [6, 6.07) is 7.30. The van der Waals surface area contributed by atoms with Crippen LogP contribution in [0.5, 0.6) is 11.5 Å². The highest BCUT2D eigenvalue weighted by Crippen LogP contribution is 2.45. The number of allylic oxidation sites excluding steroid dienone is 1. The molecule has 0 N–H and O–H groups in total. The molecule has 6 nitrogen and oxygen atoms in total. The Morgan fingerprint density at radius 3 is 2.83 bits per heavy atom. The van der Waals surface area contributed by atoms with Crippen molar-refractivity contribution < 1.29 is 9.47 Å². The minimum Gasteiger partial charge on any atom is -0.493 e. The van der Waals surface area contributed by atoms with Crippen molar-refractivity contribution in [3.63, 3.8) is 0 Å². The van der Waals surface area contributed by atoms with Crippen molar-refractivity contribution in [3.8, 4) is 11.5 Å². The van der Waals surface area contributed by atoms with Crippen molar-refractivity contribution in [1.82, 2.24) is 19.5 Å². The molecule has 2 aliphatic rings. The molecule has 0 spiro atoms. The highest BCUT2D eigenvalue weighted by atomic mass is 16.5. The summed E-state index contributed by atoms with van der Waals surface area (Å²) in [5.74, 6) is 1.58. The third kappa shape index (κ3) is 2.98. The first-order chi connectivity index (χ1) is 14.6. The lowest BCUT2D eigenvalue weighted by atomic mass is 9.97. The molecule has 0 amide bonds. The third-order valence-electron chi connectivity index (χ3n) is 6.51. The van der Waals surface area contributed by atoms with Crippen molar-refractivity contribution in [2.45, 2.75) is 51.2 Å². The maximum atomic E-state index is 5.63. The van der Waals surface area contributed by atoms with E-state index in [4.69, 9.17) is 14.6 Å². The second kappa shape index (κ2) is 7.43. The average Bonchev–Trinajstić information content (AvgIpc) is 3.25. The molecule has 3 aromatic rings. The van der Waals surface area contributed by atoms with E-state index >= 15 is 0 Å². The highest BCUT2D eigenvalue weighted by molar-refractivity contribution is 5.50. The first kappa shape index (κ1) is 19.1. The lowest BCUT2D eigenvalue weighted by Crippen LogP contribution is -2.38. The first-order valence-corrected chi connectivity index (χ1v) is 10.6. The van der Waals surface area contributed by atoms with Crippen LogP contribution in [-0.4, -0.2) is 39.8 Å². The highest BCUT2D eigenvalue weighted by Gasteiger charge is 2.41. The van der Waals surface area contributed by atoms with E-state index in [1.54, 1.807) is 14.2 Å². The Morgan fingerprint density at radius 2 is 2.07 bits per heavy atom. The van der Waals surface area contributed by atoms with Gasteiger partial charge in [0.1, 0.15) is 0 Å². The van der Waals surface area contributed by atoms with Crippen LogP contribution in [0.4, 0.5) is 0 Å². The minimum atomic E-state index is 0.385. The summed E-state index contributed by atoms with van der Waals surface area (Å²) < 4.78 is 13.3. The molecular weight excluding hydrogens is 376 g/mol. The SMILES string of the molecule is C=CCc1cc(CN2[C@H]3CC[C@H]2c2cnc4cc(C)nn4c2C3)cc(OC)c1OC. The van der Waals surface area contributed by atoms with E-state index in [0.29, 0.717) is 12.1 Å². The number of methoxy groups -OCH3 is 2. The second-order valence-electron chi connectivity index (χ2n) is 8.32. The van der Waals surface area contributed by atoms with Gasteiger partial charge in [0, 0.05) is 48.4 Å². The predicted molar refractivity (Wildman–Crippen MR) is 116 cm³/mol. The fourth-order valence-electron chi connectivity index (χ4n) is 5.26. The fourth-order valence-corrected chi connectivity index (χ4v) is 5.26. The van der Waals surface area contributed by atoms with Crippen LogP contribution in [0.3, 0.4) is 0 Å². The molecule has 2 bridgehead atoms. The monoisotopic (exact) mass is 404 g/mol. The Labute approximate surface area is 177 Å². The summed E-state index contributed by atoms with van der Waals surface area (Å²) >= 11 is 0. The number of benzene rings is 1. The van der Waals surface area contributed by atoms with E-state index in [0.717, 1.165) is 54.2 Å². The van der Waals surface area contributed by atoms with Gasteiger partial charge in [0.2, 0.25) is 0 Å². The molecule has 2 aliphatic heterocycles. The first-order valence-electron chi connectivity index (χ1n) is 10.6. The summed E-state index contributed by atoms with van der Waals surface area (Å²) in [5, 5.41) is 4.70. The van der Waals surface area contributed by atoms with Gasteiger partial charge < -0.3 is 9.47 Å². The van der Waals surface area contributed by atoms with Gasteiger partial charge in [-0.15, -0.1) is 6.58 Å². The second-order valence-corrected chi connectivity index (χ2v) is 8.32. The van der Waals surface area contributed by atoms with Crippen molar-refractivity contribution in [1.29, 1.82) is 0 Å². The molecule has 30 heavy (non-hydrogen) atoms. The maximum Gasteiger partial charge on any atom is 0.164 e. The average molecular weight is 405 g/mol. The van der Waals surface area contributed by atoms with Crippen molar-refractivity contribution in [2.24, 2.45) is 0 Å². The van der Waals surface area contributed by atoms with Gasteiger partial charge in [-0.25, -0.2) is 9.50 Å². The normalized spacial score (nSPS) is 20.4. The largest absolute Gasteiger partial charge is 0.493 e. The Kier molecular flexibility index (Phi) is 4.74. The third-order valence-corrected chi connectivity index (χ3v) is 6.51. The quantitative estimate of drug-likeness (QED) is 0.580. The summed E-state index contributed by atoms with van der Waals surface area (Å²) in [6.07, 6.45) is 8.11. The Hall–Kier alpha value is -2.86. The predicted octanol–water partition coefficient (Wildman–Crippen LogP) is 4.05. The van der Waals surface area contributed by atoms with Gasteiger partial charge in [-0.3, -0.25) is 4.90 Å². The molecule has 1 fully saturated rings. The van der Waals surface area contributed by atoms with Crippen LogP contribution in [0.15, 0.2) is 37.1 Å².